The lowest BCUT2D eigenvalue weighted by atomic mass is 9.41. The summed E-state index contributed by atoms with van der Waals surface area (Å²) in [5.41, 5.74) is 5.26. The van der Waals surface area contributed by atoms with Crippen molar-refractivity contribution in [2.45, 2.75) is 11.5 Å². The summed E-state index contributed by atoms with van der Waals surface area (Å²) in [7, 11) is 6.10. The van der Waals surface area contributed by atoms with Gasteiger partial charge in [0.05, 0.1) is 23.5 Å². The molecule has 0 bridgehead atoms. The fourth-order valence-corrected chi connectivity index (χ4v) is 0.579. The Morgan fingerprint density at radius 1 is 1.56 bits per heavy atom. The van der Waals surface area contributed by atoms with Gasteiger partial charge in [0.25, 0.3) is 0 Å². The Balaban J connectivity index is 3.75. The number of hydrogen-bond donors (Lipinski definition) is 2. The lowest BCUT2D eigenvalue weighted by Crippen LogP contribution is -2.23. The van der Waals surface area contributed by atoms with Crippen LogP contribution in [0.5, 0.6) is 0 Å². The number of hydrogen-bond acceptors (Lipinski definition) is 2. The summed E-state index contributed by atoms with van der Waals surface area (Å²) in [6, 6.07) is 0. The quantitative estimate of drug-likeness (QED) is 0.136. The van der Waals surface area contributed by atoms with Crippen LogP contribution in [0.15, 0.2) is 5.16 Å². The predicted octanol–water partition coefficient (Wildman–Crippen LogP) is -2.90. The van der Waals surface area contributed by atoms with Gasteiger partial charge in [-0.3, -0.25) is 0 Å². The van der Waals surface area contributed by atoms with Gasteiger partial charge in [-0.2, -0.15) is 0 Å². The fourth-order valence-electron chi connectivity index (χ4n) is 0.579. The van der Waals surface area contributed by atoms with Crippen molar-refractivity contribution in [2.24, 2.45) is 10.9 Å². The zero-order chi connectivity index (χ0) is 7.49. The Labute approximate surface area is 57.9 Å². The molecule has 0 radical (unpaired) electrons. The maximum absolute atomic E-state index is 8.16. The molecule has 0 saturated carbocycles. The van der Waals surface area contributed by atoms with Crippen LogP contribution in [0, 0.1) is 0 Å². The van der Waals surface area contributed by atoms with Gasteiger partial charge < -0.3 is 10.9 Å². The average molecular weight is 124 g/mol. The molecule has 0 amide bonds. The summed E-state index contributed by atoms with van der Waals surface area (Å²) in [4.78, 5) is 0. The topological polar surface area (TPSA) is 58.6 Å². The van der Waals surface area contributed by atoms with Crippen molar-refractivity contribution >= 4 is 29.4 Å². The minimum Gasteiger partial charge on any atom is -0.409 e. The first kappa shape index (κ1) is 8.46. The van der Waals surface area contributed by atoms with Crippen molar-refractivity contribution < 1.29 is 5.21 Å². The van der Waals surface area contributed by atoms with E-state index in [0.717, 1.165) is 0 Å². The summed E-state index contributed by atoms with van der Waals surface area (Å²) in [5.74, 6) is 0.294. The van der Waals surface area contributed by atoms with Crippen LogP contribution < -0.4 is 5.73 Å². The fraction of sp³-hybridized carbons (Fsp3) is 0.667. The van der Waals surface area contributed by atoms with Gasteiger partial charge in [0, 0.05) is 0 Å². The predicted molar refractivity (Wildman–Crippen MR) is 46.4 cm³/mol. The average Bonchev–Trinajstić information content (AvgIpc) is 1.62. The van der Waals surface area contributed by atoms with Gasteiger partial charge >= 0.3 is 0 Å². The van der Waals surface area contributed by atoms with Gasteiger partial charge in [-0.25, -0.2) is 0 Å². The molecule has 9 heavy (non-hydrogen) atoms. The van der Waals surface area contributed by atoms with Crippen molar-refractivity contribution in [3.05, 3.63) is 0 Å². The third kappa shape index (κ3) is 5.33. The molecule has 0 fully saturated rings. The lowest BCUT2D eigenvalue weighted by molar-refractivity contribution is 0.317. The van der Waals surface area contributed by atoms with E-state index in [9.17, 15) is 0 Å². The van der Waals surface area contributed by atoms with E-state index in [1.807, 2.05) is 23.5 Å². The molecule has 0 spiro atoms. The molecule has 0 atom stereocenters. The second kappa shape index (κ2) is 2.85. The molecule has 0 rings (SSSR count). The molecule has 0 heterocycles. The first-order chi connectivity index (χ1) is 3.95. The van der Waals surface area contributed by atoms with Crippen LogP contribution in [0.25, 0.3) is 0 Å². The molecule has 48 valence electrons. The van der Waals surface area contributed by atoms with Crippen molar-refractivity contribution in [3.63, 3.8) is 0 Å². The normalized spacial score (nSPS) is 13.6. The number of amidine groups is 1. The molecule has 0 aliphatic heterocycles. The van der Waals surface area contributed by atoms with E-state index >= 15 is 0 Å². The molecular formula is C3H11B3N2O. The highest BCUT2D eigenvalue weighted by atomic mass is 16.4. The maximum atomic E-state index is 8.16. The van der Waals surface area contributed by atoms with Crippen LogP contribution in [-0.2, 0) is 0 Å². The van der Waals surface area contributed by atoms with Crippen LogP contribution in [0.3, 0.4) is 0 Å². The summed E-state index contributed by atoms with van der Waals surface area (Å²) in [6.45, 7) is 0. The minimum absolute atomic E-state index is 0.107. The van der Waals surface area contributed by atoms with Crippen LogP contribution in [0.4, 0.5) is 0 Å². The van der Waals surface area contributed by atoms with Gasteiger partial charge in [-0.1, -0.05) is 5.16 Å². The zero-order valence-electron chi connectivity index (χ0n) is 6.18. The molecule has 0 unspecified atom stereocenters. The van der Waals surface area contributed by atoms with Crippen molar-refractivity contribution in [1.29, 1.82) is 0 Å². The first-order valence-electron chi connectivity index (χ1n) is 2.92. The Bertz CT molecular complexity index is 119. The van der Waals surface area contributed by atoms with Crippen LogP contribution in [0.2, 0.25) is 5.11 Å². The smallest absolute Gasteiger partial charge is 0.137 e. The highest BCUT2D eigenvalue weighted by Gasteiger charge is 2.12. The van der Waals surface area contributed by atoms with Gasteiger partial charge in [0.15, 0.2) is 0 Å². The van der Waals surface area contributed by atoms with Crippen LogP contribution >= 0.6 is 0 Å². The van der Waals surface area contributed by atoms with Gasteiger partial charge in [-0.15, -0.1) is 5.11 Å². The largest absolute Gasteiger partial charge is 0.409 e. The second-order valence-electron chi connectivity index (χ2n) is 3.33. The maximum Gasteiger partial charge on any atom is 0.137 e. The van der Waals surface area contributed by atoms with E-state index in [1.54, 1.807) is 0 Å². The molecule has 0 saturated heterocycles. The molecule has 6 heteroatoms. The van der Waals surface area contributed by atoms with E-state index in [2.05, 4.69) is 5.16 Å². The Morgan fingerprint density at radius 2 is 2.00 bits per heavy atom. The molecule has 0 aliphatic carbocycles. The summed E-state index contributed by atoms with van der Waals surface area (Å²) >= 11 is 0. The van der Waals surface area contributed by atoms with Gasteiger partial charge in [-0.05, 0) is 6.42 Å². The molecule has 0 aromatic heterocycles. The van der Waals surface area contributed by atoms with E-state index in [-0.39, 0.29) is 5.11 Å². The second-order valence-corrected chi connectivity index (χ2v) is 3.33. The Hall–Kier alpha value is -0.535. The molecule has 0 aliphatic rings. The molecule has 0 aromatic rings. The number of nitrogens with two attached hydrogens (primary N) is 1. The number of nitrogens with zero attached hydrogens (tertiary/aromatic N) is 1. The van der Waals surface area contributed by atoms with Crippen molar-refractivity contribution in [2.75, 3.05) is 0 Å². The number of oxime groups is 1. The third-order valence-corrected chi connectivity index (χ3v) is 0.840. The lowest BCUT2D eigenvalue weighted by Gasteiger charge is -2.15. The Kier molecular flexibility index (Phi) is 2.68. The molecular weight excluding hydrogens is 112 g/mol. The summed E-state index contributed by atoms with van der Waals surface area (Å²) < 4.78 is 0. The van der Waals surface area contributed by atoms with E-state index in [4.69, 9.17) is 10.9 Å². The summed E-state index contributed by atoms with van der Waals surface area (Å²) in [6.07, 6.45) is 0.628. The third-order valence-electron chi connectivity index (χ3n) is 0.840. The molecule has 3 N–H and O–H groups in total. The SMILES string of the molecule is BC(B)(B)C/C(N)=N/O. The Morgan fingerprint density at radius 3 is 2.11 bits per heavy atom. The molecule has 3 nitrogen and oxygen atoms in total. The zero-order valence-corrected chi connectivity index (χ0v) is 6.18. The van der Waals surface area contributed by atoms with Gasteiger partial charge in [0.2, 0.25) is 0 Å². The van der Waals surface area contributed by atoms with Crippen molar-refractivity contribution in [1.82, 2.24) is 0 Å². The van der Waals surface area contributed by atoms with E-state index in [0.29, 0.717) is 12.3 Å². The minimum atomic E-state index is 0.107. The van der Waals surface area contributed by atoms with E-state index in [1.165, 1.54) is 0 Å². The first-order valence-corrected chi connectivity index (χ1v) is 2.92. The highest BCUT2D eigenvalue weighted by Crippen LogP contribution is 2.13. The monoisotopic (exact) mass is 124 g/mol. The standard InChI is InChI=1S/C3H11B3N2O/c4-3(5,6)1-2(7)8-9/h9H,1,4-6H2,(H2,7,8). The van der Waals surface area contributed by atoms with E-state index < -0.39 is 0 Å². The van der Waals surface area contributed by atoms with Gasteiger partial charge in [0.1, 0.15) is 5.84 Å². The van der Waals surface area contributed by atoms with Crippen LogP contribution in [-0.4, -0.2) is 34.6 Å². The van der Waals surface area contributed by atoms with Crippen LogP contribution in [0.1, 0.15) is 6.42 Å². The number of rotatable bonds is 2. The molecule has 0 aromatic carbocycles. The van der Waals surface area contributed by atoms with Crippen molar-refractivity contribution in [3.8, 4) is 0 Å². The summed E-state index contributed by atoms with van der Waals surface area (Å²) in [5, 5.41) is 11.1. The highest BCUT2D eigenvalue weighted by molar-refractivity contribution is 6.59.